The first-order valence-electron chi connectivity index (χ1n) is 5.36. The molecule has 0 aliphatic carbocycles. The summed E-state index contributed by atoms with van der Waals surface area (Å²) < 4.78 is 0. The van der Waals surface area contributed by atoms with E-state index in [1.807, 2.05) is 0 Å². The van der Waals surface area contributed by atoms with E-state index in [9.17, 15) is 0 Å². The molecule has 0 radical (unpaired) electrons. The Kier molecular flexibility index (Phi) is 3.02. The second kappa shape index (κ2) is 4.45. The van der Waals surface area contributed by atoms with Crippen LogP contribution in [0.15, 0.2) is 48.5 Å². The summed E-state index contributed by atoms with van der Waals surface area (Å²) in [7, 11) is -0.292. The van der Waals surface area contributed by atoms with Crippen molar-refractivity contribution in [2.45, 2.75) is 13.8 Å². The molecule has 2 aromatic carbocycles. The Morgan fingerprint density at radius 3 is 1.93 bits per heavy atom. The molecule has 1 heteroatoms. The van der Waals surface area contributed by atoms with Gasteiger partial charge in [-0.25, -0.2) is 0 Å². The third kappa shape index (κ3) is 2.36. The minimum absolute atomic E-state index is 0.292. The second-order valence-electron chi connectivity index (χ2n) is 4.03. The van der Waals surface area contributed by atoms with Gasteiger partial charge in [0.2, 0.25) is 0 Å². The fourth-order valence-corrected chi connectivity index (χ4v) is 3.64. The summed E-state index contributed by atoms with van der Waals surface area (Å²) >= 11 is 0. The summed E-state index contributed by atoms with van der Waals surface area (Å²) in [5.74, 6) is 0. The number of rotatable bonds is 2. The lowest BCUT2D eigenvalue weighted by molar-refractivity contribution is 1.43. The van der Waals surface area contributed by atoms with Crippen molar-refractivity contribution in [3.05, 3.63) is 59.7 Å². The largest absolute Gasteiger partial charge is 0.0882 e. The van der Waals surface area contributed by atoms with Crippen LogP contribution in [0.5, 0.6) is 0 Å². The molecule has 0 aliphatic heterocycles. The molecule has 15 heavy (non-hydrogen) atoms. The maximum atomic E-state index is 2.25. The highest BCUT2D eigenvalue weighted by molar-refractivity contribution is 6.68. The average molecular weight is 212 g/mol. The summed E-state index contributed by atoms with van der Waals surface area (Å²) in [5.41, 5.74) is 2.90. The molecular formula is C14H16Si. The fourth-order valence-electron chi connectivity index (χ4n) is 1.93. The second-order valence-corrected chi connectivity index (χ2v) is 5.91. The molecule has 0 unspecified atom stereocenters. The highest BCUT2D eigenvalue weighted by Crippen LogP contribution is 1.98. The monoisotopic (exact) mass is 212 g/mol. The number of hydrogen-bond donors (Lipinski definition) is 0. The highest BCUT2D eigenvalue weighted by Gasteiger charge is 2.03. The third-order valence-electron chi connectivity index (χ3n) is 2.87. The topological polar surface area (TPSA) is 0 Å². The van der Waals surface area contributed by atoms with Gasteiger partial charge in [0.15, 0.2) is 0 Å². The SMILES string of the molecule is Cc1cccc(C)c1[SiH2]c1ccccc1. The maximum absolute atomic E-state index is 2.25. The Bertz CT molecular complexity index is 426. The van der Waals surface area contributed by atoms with Crippen LogP contribution in [0.3, 0.4) is 0 Å². The lowest BCUT2D eigenvalue weighted by Crippen LogP contribution is -2.30. The molecule has 0 bridgehead atoms. The smallest absolute Gasteiger partial charge is 0.0633 e. The summed E-state index contributed by atoms with van der Waals surface area (Å²) in [5, 5.41) is 3.12. The van der Waals surface area contributed by atoms with Crippen molar-refractivity contribution in [2.75, 3.05) is 0 Å². The molecule has 76 valence electrons. The van der Waals surface area contributed by atoms with Crippen molar-refractivity contribution in [2.24, 2.45) is 0 Å². The molecule has 0 heterocycles. The summed E-state index contributed by atoms with van der Waals surface area (Å²) in [6, 6.07) is 17.4. The molecule has 0 amide bonds. The molecule has 0 fully saturated rings. The summed E-state index contributed by atoms with van der Waals surface area (Å²) in [4.78, 5) is 0. The standard InChI is InChI=1S/C14H16Si/c1-11-7-6-8-12(2)14(11)15-13-9-4-3-5-10-13/h3-10H,15H2,1-2H3. The molecule has 0 saturated heterocycles. The molecule has 0 N–H and O–H groups in total. The van der Waals surface area contributed by atoms with Gasteiger partial charge >= 0.3 is 0 Å². The van der Waals surface area contributed by atoms with Crippen LogP contribution < -0.4 is 10.4 Å². The van der Waals surface area contributed by atoms with Crippen LogP contribution in [0, 0.1) is 13.8 Å². The van der Waals surface area contributed by atoms with Gasteiger partial charge < -0.3 is 0 Å². The first-order chi connectivity index (χ1) is 7.27. The van der Waals surface area contributed by atoms with E-state index in [0.717, 1.165) is 0 Å². The molecule has 0 saturated carbocycles. The molecule has 0 nitrogen and oxygen atoms in total. The minimum Gasteiger partial charge on any atom is -0.0633 e. The van der Waals surface area contributed by atoms with Crippen molar-refractivity contribution in [3.8, 4) is 0 Å². The van der Waals surface area contributed by atoms with E-state index in [2.05, 4.69) is 62.4 Å². The summed E-state index contributed by atoms with van der Waals surface area (Å²) in [6.07, 6.45) is 0. The molecular weight excluding hydrogens is 196 g/mol. The highest BCUT2D eigenvalue weighted by atomic mass is 28.2. The van der Waals surface area contributed by atoms with E-state index < -0.39 is 0 Å². The van der Waals surface area contributed by atoms with Crippen molar-refractivity contribution in [1.29, 1.82) is 0 Å². The van der Waals surface area contributed by atoms with Crippen LogP contribution in [0.2, 0.25) is 0 Å². The lowest BCUT2D eigenvalue weighted by atomic mass is 10.2. The van der Waals surface area contributed by atoms with E-state index >= 15 is 0 Å². The Morgan fingerprint density at radius 1 is 0.733 bits per heavy atom. The van der Waals surface area contributed by atoms with Gasteiger partial charge in [0.25, 0.3) is 0 Å². The van der Waals surface area contributed by atoms with Gasteiger partial charge in [-0.05, 0) is 13.8 Å². The van der Waals surface area contributed by atoms with Gasteiger partial charge in [-0.3, -0.25) is 0 Å². The predicted molar refractivity (Wildman–Crippen MR) is 70.2 cm³/mol. The average Bonchev–Trinajstić information content (AvgIpc) is 2.25. The van der Waals surface area contributed by atoms with Crippen molar-refractivity contribution in [1.82, 2.24) is 0 Å². The van der Waals surface area contributed by atoms with Gasteiger partial charge in [0.05, 0.1) is 9.52 Å². The number of hydrogen-bond acceptors (Lipinski definition) is 0. The van der Waals surface area contributed by atoms with E-state index in [4.69, 9.17) is 0 Å². The van der Waals surface area contributed by atoms with Gasteiger partial charge in [0, 0.05) is 0 Å². The molecule has 0 aromatic heterocycles. The van der Waals surface area contributed by atoms with E-state index in [-0.39, 0.29) is 9.52 Å². The molecule has 2 aromatic rings. The van der Waals surface area contributed by atoms with Crippen molar-refractivity contribution in [3.63, 3.8) is 0 Å². The van der Waals surface area contributed by atoms with E-state index in [1.54, 1.807) is 5.19 Å². The van der Waals surface area contributed by atoms with Crippen LogP contribution in [0.25, 0.3) is 0 Å². The molecule has 0 spiro atoms. The normalized spacial score (nSPS) is 11.1. The molecule has 2 rings (SSSR count). The molecule has 0 atom stereocenters. The number of aryl methyl sites for hydroxylation is 2. The van der Waals surface area contributed by atoms with E-state index in [0.29, 0.717) is 0 Å². The Labute approximate surface area is 93.8 Å². The van der Waals surface area contributed by atoms with Crippen LogP contribution in [0.1, 0.15) is 11.1 Å². The Hall–Kier alpha value is -1.34. The Balaban J connectivity index is 2.32. The van der Waals surface area contributed by atoms with Crippen molar-refractivity contribution >= 4 is 19.9 Å². The molecule has 0 aliphatic rings. The lowest BCUT2D eigenvalue weighted by Gasteiger charge is -2.08. The summed E-state index contributed by atoms with van der Waals surface area (Å²) in [6.45, 7) is 4.44. The quantitative estimate of drug-likeness (QED) is 0.661. The maximum Gasteiger partial charge on any atom is 0.0882 e. The van der Waals surface area contributed by atoms with Gasteiger partial charge in [-0.2, -0.15) is 0 Å². The van der Waals surface area contributed by atoms with Crippen LogP contribution >= 0.6 is 0 Å². The first kappa shape index (κ1) is 10.2. The zero-order chi connectivity index (χ0) is 10.7. The van der Waals surface area contributed by atoms with E-state index in [1.165, 1.54) is 16.3 Å². The number of benzene rings is 2. The minimum atomic E-state index is -0.292. The van der Waals surface area contributed by atoms with Gasteiger partial charge in [-0.1, -0.05) is 70.0 Å². The fraction of sp³-hybridized carbons (Fsp3) is 0.143. The first-order valence-corrected chi connectivity index (χ1v) is 6.78. The zero-order valence-corrected chi connectivity index (χ0v) is 10.7. The predicted octanol–water partition coefficient (Wildman–Crippen LogP) is 1.42. The zero-order valence-electron chi connectivity index (χ0n) is 9.33. The van der Waals surface area contributed by atoms with Crippen LogP contribution in [-0.4, -0.2) is 9.52 Å². The van der Waals surface area contributed by atoms with Crippen LogP contribution in [0.4, 0.5) is 0 Å². The van der Waals surface area contributed by atoms with Crippen molar-refractivity contribution < 1.29 is 0 Å². The van der Waals surface area contributed by atoms with Gasteiger partial charge in [-0.15, -0.1) is 0 Å². The Morgan fingerprint density at radius 2 is 1.33 bits per heavy atom. The third-order valence-corrected chi connectivity index (χ3v) is 5.22. The van der Waals surface area contributed by atoms with Gasteiger partial charge in [0.1, 0.15) is 0 Å². The van der Waals surface area contributed by atoms with Crippen LogP contribution in [-0.2, 0) is 0 Å².